The van der Waals surface area contributed by atoms with Crippen molar-refractivity contribution >= 4 is 0 Å². The third-order valence-corrected chi connectivity index (χ3v) is 2.02. The predicted molar refractivity (Wildman–Crippen MR) is 41.1 cm³/mol. The van der Waals surface area contributed by atoms with Gasteiger partial charge < -0.3 is 9.88 Å². The van der Waals surface area contributed by atoms with E-state index in [2.05, 4.69) is 27.0 Å². The lowest BCUT2D eigenvalue weighted by Crippen LogP contribution is -2.29. The van der Waals surface area contributed by atoms with Crippen LogP contribution >= 0.6 is 0 Å². The fourth-order valence-corrected chi connectivity index (χ4v) is 1.41. The van der Waals surface area contributed by atoms with Gasteiger partial charge in [0.05, 0.1) is 6.54 Å². The van der Waals surface area contributed by atoms with E-state index in [0.29, 0.717) is 0 Å². The van der Waals surface area contributed by atoms with Crippen LogP contribution in [0.1, 0.15) is 18.6 Å². The van der Waals surface area contributed by atoms with Crippen molar-refractivity contribution in [2.45, 2.75) is 26.4 Å². The van der Waals surface area contributed by atoms with Gasteiger partial charge in [-0.15, -0.1) is 10.2 Å². The third kappa shape index (κ3) is 1.03. The second kappa shape index (κ2) is 2.62. The van der Waals surface area contributed by atoms with Gasteiger partial charge in [-0.2, -0.15) is 0 Å². The Morgan fingerprint density at radius 3 is 3.27 bits per heavy atom. The lowest BCUT2D eigenvalue weighted by Gasteiger charge is -2.15. The van der Waals surface area contributed by atoms with E-state index in [0.717, 1.165) is 37.7 Å². The van der Waals surface area contributed by atoms with Crippen LogP contribution in [0, 0.1) is 0 Å². The molecule has 60 valence electrons. The van der Waals surface area contributed by atoms with E-state index >= 15 is 0 Å². The molecule has 2 heterocycles. The van der Waals surface area contributed by atoms with Crippen molar-refractivity contribution in [3.63, 3.8) is 0 Å². The highest BCUT2D eigenvalue weighted by atomic mass is 15.3. The Kier molecular flexibility index (Phi) is 1.62. The summed E-state index contributed by atoms with van der Waals surface area (Å²) in [6.07, 6.45) is 0.979. The Bertz CT molecular complexity index is 239. The highest BCUT2D eigenvalue weighted by Gasteiger charge is 2.12. The van der Waals surface area contributed by atoms with Gasteiger partial charge in [-0.05, 0) is 0 Å². The molecule has 0 saturated heterocycles. The van der Waals surface area contributed by atoms with Crippen LogP contribution in [0.25, 0.3) is 0 Å². The van der Waals surface area contributed by atoms with E-state index in [-0.39, 0.29) is 0 Å². The molecule has 0 bridgehead atoms. The Morgan fingerprint density at radius 1 is 1.55 bits per heavy atom. The van der Waals surface area contributed by atoms with Crippen LogP contribution in [0.2, 0.25) is 0 Å². The molecule has 0 spiro atoms. The lowest BCUT2D eigenvalue weighted by molar-refractivity contribution is 0.494. The molecule has 1 aliphatic heterocycles. The van der Waals surface area contributed by atoms with Crippen LogP contribution in [0.3, 0.4) is 0 Å². The molecule has 1 N–H and O–H groups in total. The minimum Gasteiger partial charge on any atom is -0.313 e. The van der Waals surface area contributed by atoms with Crippen molar-refractivity contribution in [3.8, 4) is 0 Å². The van der Waals surface area contributed by atoms with Gasteiger partial charge in [-0.1, -0.05) is 6.92 Å². The summed E-state index contributed by atoms with van der Waals surface area (Å²) in [4.78, 5) is 0. The number of hydrogen-bond acceptors (Lipinski definition) is 3. The van der Waals surface area contributed by atoms with Gasteiger partial charge in [0.25, 0.3) is 0 Å². The average molecular weight is 152 g/mol. The monoisotopic (exact) mass is 152 g/mol. The first-order valence-electron chi connectivity index (χ1n) is 4.03. The minimum atomic E-state index is 0.868. The zero-order valence-electron chi connectivity index (χ0n) is 6.67. The molecule has 1 aromatic rings. The van der Waals surface area contributed by atoms with Gasteiger partial charge in [0, 0.05) is 19.5 Å². The average Bonchev–Trinajstić information content (AvgIpc) is 2.47. The second-order valence-electron chi connectivity index (χ2n) is 2.71. The summed E-state index contributed by atoms with van der Waals surface area (Å²) < 4.78 is 2.20. The van der Waals surface area contributed by atoms with E-state index in [1.54, 1.807) is 0 Å². The molecule has 0 radical (unpaired) electrons. The fraction of sp³-hybridized carbons (Fsp3) is 0.714. The number of nitrogens with one attached hydrogen (secondary N) is 1. The normalized spacial score (nSPS) is 16.5. The molecular weight excluding hydrogens is 140 g/mol. The highest BCUT2D eigenvalue weighted by Crippen LogP contribution is 2.05. The van der Waals surface area contributed by atoms with Gasteiger partial charge >= 0.3 is 0 Å². The molecular formula is C7H12N4. The maximum absolute atomic E-state index is 4.09. The molecule has 0 unspecified atom stereocenters. The van der Waals surface area contributed by atoms with Gasteiger partial charge in [0.15, 0.2) is 0 Å². The molecule has 4 nitrogen and oxygen atoms in total. The van der Waals surface area contributed by atoms with Crippen molar-refractivity contribution in [1.82, 2.24) is 20.1 Å². The standard InChI is InChI=1S/C7H12N4/c1-2-6-9-10-7-5-8-3-4-11(6)7/h8H,2-5H2,1H3. The van der Waals surface area contributed by atoms with E-state index in [4.69, 9.17) is 0 Å². The first-order chi connectivity index (χ1) is 5.42. The van der Waals surface area contributed by atoms with Crippen molar-refractivity contribution in [2.24, 2.45) is 0 Å². The first-order valence-corrected chi connectivity index (χ1v) is 4.03. The Hall–Kier alpha value is -0.900. The maximum Gasteiger partial charge on any atom is 0.147 e. The molecule has 0 aromatic carbocycles. The second-order valence-corrected chi connectivity index (χ2v) is 2.71. The molecule has 11 heavy (non-hydrogen) atoms. The number of nitrogens with zero attached hydrogens (tertiary/aromatic N) is 3. The van der Waals surface area contributed by atoms with Gasteiger partial charge in [0.1, 0.15) is 11.6 Å². The molecule has 2 rings (SSSR count). The zero-order chi connectivity index (χ0) is 7.68. The summed E-state index contributed by atoms with van der Waals surface area (Å²) in [6, 6.07) is 0. The molecule has 0 atom stereocenters. The Balaban J connectivity index is 2.38. The van der Waals surface area contributed by atoms with E-state index in [9.17, 15) is 0 Å². The topological polar surface area (TPSA) is 42.7 Å². The quantitative estimate of drug-likeness (QED) is 0.613. The smallest absolute Gasteiger partial charge is 0.147 e. The highest BCUT2D eigenvalue weighted by molar-refractivity contribution is 4.97. The van der Waals surface area contributed by atoms with E-state index in [1.807, 2.05) is 0 Å². The Morgan fingerprint density at radius 2 is 2.45 bits per heavy atom. The number of aryl methyl sites for hydroxylation is 1. The molecule has 4 heteroatoms. The third-order valence-electron chi connectivity index (χ3n) is 2.02. The molecule has 0 amide bonds. The summed E-state index contributed by atoms with van der Waals surface area (Å²) in [5.41, 5.74) is 0. The van der Waals surface area contributed by atoms with Crippen LogP contribution < -0.4 is 5.32 Å². The number of rotatable bonds is 1. The van der Waals surface area contributed by atoms with Crippen LogP contribution in [-0.4, -0.2) is 21.3 Å². The maximum atomic E-state index is 4.09. The molecule has 1 aromatic heterocycles. The minimum absolute atomic E-state index is 0.868. The summed E-state index contributed by atoms with van der Waals surface area (Å²) >= 11 is 0. The van der Waals surface area contributed by atoms with Crippen molar-refractivity contribution in [1.29, 1.82) is 0 Å². The van der Waals surface area contributed by atoms with Gasteiger partial charge in [-0.25, -0.2) is 0 Å². The Labute approximate surface area is 65.6 Å². The predicted octanol–water partition coefficient (Wildman–Crippen LogP) is -0.0563. The molecule has 0 saturated carbocycles. The largest absolute Gasteiger partial charge is 0.313 e. The fourth-order valence-electron chi connectivity index (χ4n) is 1.41. The summed E-state index contributed by atoms with van der Waals surface area (Å²) in [5.74, 6) is 2.19. The van der Waals surface area contributed by atoms with Crippen molar-refractivity contribution in [3.05, 3.63) is 11.6 Å². The number of hydrogen-bond donors (Lipinski definition) is 1. The SMILES string of the molecule is CCc1nnc2n1CCNC2. The van der Waals surface area contributed by atoms with Crippen LogP contribution in [0.15, 0.2) is 0 Å². The lowest BCUT2D eigenvalue weighted by atomic mass is 10.4. The van der Waals surface area contributed by atoms with Crippen molar-refractivity contribution < 1.29 is 0 Å². The molecule has 0 aliphatic carbocycles. The van der Waals surface area contributed by atoms with Gasteiger partial charge in [0.2, 0.25) is 0 Å². The molecule has 0 fully saturated rings. The summed E-state index contributed by atoms with van der Waals surface area (Å²) in [7, 11) is 0. The zero-order valence-corrected chi connectivity index (χ0v) is 6.67. The molecule has 1 aliphatic rings. The van der Waals surface area contributed by atoms with Crippen LogP contribution in [-0.2, 0) is 19.5 Å². The van der Waals surface area contributed by atoms with E-state index in [1.165, 1.54) is 0 Å². The number of fused-ring (bicyclic) bond motifs is 1. The summed E-state index contributed by atoms with van der Waals surface area (Å²) in [6.45, 7) is 5.04. The summed E-state index contributed by atoms with van der Waals surface area (Å²) in [5, 5.41) is 11.4. The van der Waals surface area contributed by atoms with E-state index < -0.39 is 0 Å². The van der Waals surface area contributed by atoms with Crippen LogP contribution in [0.5, 0.6) is 0 Å². The van der Waals surface area contributed by atoms with Crippen LogP contribution in [0.4, 0.5) is 0 Å². The first kappa shape index (κ1) is 6.79. The van der Waals surface area contributed by atoms with Crippen molar-refractivity contribution in [2.75, 3.05) is 6.54 Å². The van der Waals surface area contributed by atoms with Gasteiger partial charge in [-0.3, -0.25) is 0 Å². The number of aromatic nitrogens is 3.